The van der Waals surface area contributed by atoms with E-state index < -0.39 is 5.82 Å². The third-order valence-corrected chi connectivity index (χ3v) is 3.91. The zero-order chi connectivity index (χ0) is 14.6. The lowest BCUT2D eigenvalue weighted by Crippen LogP contribution is -2.51. The highest BCUT2D eigenvalue weighted by Gasteiger charge is 2.22. The second-order valence-corrected chi connectivity index (χ2v) is 5.23. The van der Waals surface area contributed by atoms with E-state index in [1.165, 1.54) is 21.1 Å². The van der Waals surface area contributed by atoms with Gasteiger partial charge in [0.05, 0.1) is 10.4 Å². The molecule has 0 aliphatic carbocycles. The minimum absolute atomic E-state index is 0.0699. The minimum Gasteiger partial charge on any atom is -0.202 e. The predicted octanol–water partition coefficient (Wildman–Crippen LogP) is 2.96. The van der Waals surface area contributed by atoms with Crippen LogP contribution in [0.15, 0.2) is 59.7 Å². The Morgan fingerprint density at radius 3 is 2.62 bits per heavy atom. The van der Waals surface area contributed by atoms with Gasteiger partial charge in [0.25, 0.3) is 0 Å². The van der Waals surface area contributed by atoms with E-state index in [1.807, 2.05) is 24.3 Å². The van der Waals surface area contributed by atoms with Crippen molar-refractivity contribution in [3.63, 3.8) is 0 Å². The van der Waals surface area contributed by atoms with Crippen LogP contribution in [0.4, 0.5) is 4.39 Å². The summed E-state index contributed by atoms with van der Waals surface area (Å²) in [7, 11) is 0. The molecular formula is C16H9ClFN2O+. The summed E-state index contributed by atoms with van der Waals surface area (Å²) < 4.78 is 16.9. The first kappa shape index (κ1) is 12.3. The molecule has 5 heteroatoms. The van der Waals surface area contributed by atoms with Crippen molar-refractivity contribution in [2.24, 2.45) is 0 Å². The average Bonchev–Trinajstić information content (AvgIpc) is 2.89. The highest BCUT2D eigenvalue weighted by Crippen LogP contribution is 2.21. The number of halogens is 2. The molecule has 0 atom stereocenters. The first-order valence-corrected chi connectivity index (χ1v) is 6.77. The van der Waals surface area contributed by atoms with Crippen LogP contribution < -0.4 is 10.3 Å². The van der Waals surface area contributed by atoms with Crippen LogP contribution in [0.1, 0.15) is 0 Å². The van der Waals surface area contributed by atoms with Crippen LogP contribution in [0.25, 0.3) is 22.0 Å². The van der Waals surface area contributed by atoms with E-state index in [2.05, 4.69) is 0 Å². The monoisotopic (exact) mass is 299 g/mol. The van der Waals surface area contributed by atoms with E-state index >= 15 is 0 Å². The van der Waals surface area contributed by atoms with Crippen molar-refractivity contribution in [3.8, 4) is 5.69 Å². The van der Waals surface area contributed by atoms with Crippen LogP contribution >= 0.6 is 11.6 Å². The standard InChI is InChI=1S/C16H9ClFN2O/c17-12-5-2-6-13(18)15(12)20-9-11-4-1-3-10-7-8-19(14(10)11)16(20)21/h1-9H/q+1. The first-order valence-electron chi connectivity index (χ1n) is 6.39. The average molecular weight is 300 g/mol. The normalized spacial score (nSPS) is 11.5. The molecule has 0 aliphatic heterocycles. The van der Waals surface area contributed by atoms with Crippen molar-refractivity contribution >= 4 is 27.9 Å². The Labute approximate surface area is 123 Å². The van der Waals surface area contributed by atoms with Gasteiger partial charge in [-0.3, -0.25) is 0 Å². The molecule has 2 aromatic heterocycles. The van der Waals surface area contributed by atoms with E-state index in [9.17, 15) is 9.18 Å². The van der Waals surface area contributed by atoms with Gasteiger partial charge < -0.3 is 0 Å². The highest BCUT2D eigenvalue weighted by molar-refractivity contribution is 6.32. The Morgan fingerprint density at radius 1 is 1.05 bits per heavy atom. The van der Waals surface area contributed by atoms with Gasteiger partial charge in [-0.15, -0.1) is 0 Å². The van der Waals surface area contributed by atoms with Crippen LogP contribution in [0, 0.1) is 5.82 Å². The Balaban J connectivity index is 2.20. The van der Waals surface area contributed by atoms with Crippen LogP contribution in [-0.2, 0) is 0 Å². The van der Waals surface area contributed by atoms with E-state index in [0.29, 0.717) is 0 Å². The topological polar surface area (TPSA) is 25.4 Å². The number of rotatable bonds is 1. The van der Waals surface area contributed by atoms with Crippen LogP contribution in [0.5, 0.6) is 0 Å². The molecule has 4 aromatic rings. The fraction of sp³-hybridized carbons (Fsp3) is 0. The van der Waals surface area contributed by atoms with Crippen molar-refractivity contribution in [2.75, 3.05) is 0 Å². The number of hydrogen-bond acceptors (Lipinski definition) is 1. The minimum atomic E-state index is -0.533. The molecule has 2 heterocycles. The van der Waals surface area contributed by atoms with Crippen LogP contribution in [0.2, 0.25) is 5.02 Å². The maximum Gasteiger partial charge on any atom is 0.508 e. The zero-order valence-corrected chi connectivity index (χ0v) is 11.5. The molecule has 0 amide bonds. The molecule has 0 bridgehead atoms. The summed E-state index contributed by atoms with van der Waals surface area (Å²) in [5.74, 6) is -0.533. The first-order chi connectivity index (χ1) is 10.2. The largest absolute Gasteiger partial charge is 0.508 e. The summed E-state index contributed by atoms with van der Waals surface area (Å²) in [4.78, 5) is 12.6. The summed E-state index contributed by atoms with van der Waals surface area (Å²) >= 11 is 6.07. The maximum absolute atomic E-state index is 14.1. The van der Waals surface area contributed by atoms with Crippen molar-refractivity contribution < 1.29 is 8.96 Å². The summed E-state index contributed by atoms with van der Waals surface area (Å²) in [6.07, 6.45) is 3.31. The van der Waals surface area contributed by atoms with Gasteiger partial charge in [-0.05, 0) is 24.3 Å². The fourth-order valence-corrected chi connectivity index (χ4v) is 2.93. The summed E-state index contributed by atoms with van der Waals surface area (Å²) in [5.41, 5.74) is 0.544. The maximum atomic E-state index is 14.1. The number of para-hydroxylation sites is 2. The molecule has 21 heavy (non-hydrogen) atoms. The third-order valence-electron chi connectivity index (χ3n) is 3.60. The molecule has 0 aliphatic rings. The molecule has 3 nitrogen and oxygen atoms in total. The van der Waals surface area contributed by atoms with Crippen molar-refractivity contribution in [1.82, 2.24) is 4.40 Å². The van der Waals surface area contributed by atoms with Crippen molar-refractivity contribution in [2.45, 2.75) is 0 Å². The number of nitrogens with zero attached hydrogens (tertiary/aromatic N) is 2. The van der Waals surface area contributed by atoms with E-state index in [-0.39, 0.29) is 16.4 Å². The summed E-state index contributed by atoms with van der Waals surface area (Å²) in [6, 6.07) is 11.9. The van der Waals surface area contributed by atoms with Gasteiger partial charge in [-0.25, -0.2) is 4.39 Å². The molecule has 102 valence electrons. The fourth-order valence-electron chi connectivity index (χ4n) is 2.68. The number of hydrogen-bond donors (Lipinski definition) is 0. The Kier molecular flexibility index (Phi) is 2.50. The lowest BCUT2D eigenvalue weighted by Gasteiger charge is -2.04. The van der Waals surface area contributed by atoms with Gasteiger partial charge in [0.1, 0.15) is 12.4 Å². The molecule has 0 saturated carbocycles. The second-order valence-electron chi connectivity index (χ2n) is 4.82. The third kappa shape index (κ3) is 1.66. The van der Waals surface area contributed by atoms with Gasteiger partial charge >= 0.3 is 5.69 Å². The predicted molar refractivity (Wildman–Crippen MR) is 78.9 cm³/mol. The molecule has 0 spiro atoms. The SMILES string of the molecule is O=c1n2ccc3cccc(c[n+]1-c1c(F)cccc1Cl)c32. The quantitative estimate of drug-likeness (QED) is 0.496. The molecular weight excluding hydrogens is 291 g/mol. The molecule has 0 fully saturated rings. The smallest absolute Gasteiger partial charge is 0.202 e. The summed E-state index contributed by atoms with van der Waals surface area (Å²) in [6.45, 7) is 0. The molecule has 0 unspecified atom stereocenters. The lowest BCUT2D eigenvalue weighted by molar-refractivity contribution is -0.616. The molecule has 0 N–H and O–H groups in total. The molecule has 2 aromatic carbocycles. The Hall–Kier alpha value is -2.46. The molecule has 0 radical (unpaired) electrons. The Bertz CT molecular complexity index is 1020. The van der Waals surface area contributed by atoms with Gasteiger partial charge in [0.2, 0.25) is 0 Å². The van der Waals surface area contributed by atoms with Gasteiger partial charge in [0.15, 0.2) is 17.0 Å². The summed E-state index contributed by atoms with van der Waals surface area (Å²) in [5, 5.41) is 2.01. The molecule has 0 saturated heterocycles. The van der Waals surface area contributed by atoms with Gasteiger partial charge in [0, 0.05) is 5.39 Å². The second kappa shape index (κ2) is 4.27. The van der Waals surface area contributed by atoms with E-state index in [1.54, 1.807) is 18.5 Å². The lowest BCUT2D eigenvalue weighted by atomic mass is 10.2. The van der Waals surface area contributed by atoms with Gasteiger partial charge in [-0.1, -0.05) is 29.8 Å². The number of aromatic nitrogens is 2. The van der Waals surface area contributed by atoms with E-state index in [4.69, 9.17) is 11.6 Å². The van der Waals surface area contributed by atoms with Crippen LogP contribution in [-0.4, -0.2) is 4.40 Å². The van der Waals surface area contributed by atoms with E-state index in [0.717, 1.165) is 16.3 Å². The zero-order valence-electron chi connectivity index (χ0n) is 10.8. The van der Waals surface area contributed by atoms with Crippen molar-refractivity contribution in [1.29, 1.82) is 0 Å². The molecule has 4 rings (SSSR count). The van der Waals surface area contributed by atoms with Crippen molar-refractivity contribution in [3.05, 3.63) is 76.2 Å². The highest BCUT2D eigenvalue weighted by atomic mass is 35.5. The van der Waals surface area contributed by atoms with Gasteiger partial charge in [-0.2, -0.15) is 13.8 Å². The number of benzene rings is 2. The van der Waals surface area contributed by atoms with Crippen LogP contribution in [0.3, 0.4) is 0 Å². The Morgan fingerprint density at radius 2 is 1.81 bits per heavy atom.